The molecule has 1 fully saturated rings. The number of aromatic nitrogens is 4. The van der Waals surface area contributed by atoms with E-state index in [2.05, 4.69) is 30.6 Å². The topological polar surface area (TPSA) is 88.0 Å². The van der Waals surface area contributed by atoms with Gasteiger partial charge in [-0.25, -0.2) is 14.6 Å². The van der Waals surface area contributed by atoms with Crippen LogP contribution in [-0.4, -0.2) is 38.7 Å². The summed E-state index contributed by atoms with van der Waals surface area (Å²) in [5.74, 6) is 1.44. The summed E-state index contributed by atoms with van der Waals surface area (Å²) in [5.41, 5.74) is 2.79. The average molecular weight is 440 g/mol. The minimum Gasteiger partial charge on any atom is -0.356 e. The molecule has 166 valence electrons. The maximum atomic E-state index is 13.0. The molecule has 1 saturated heterocycles. The lowest BCUT2D eigenvalue weighted by atomic mass is 9.97. The largest absolute Gasteiger partial charge is 0.356 e. The number of rotatable bonds is 6. The summed E-state index contributed by atoms with van der Waals surface area (Å²) in [7, 11) is 0. The fourth-order valence-corrected chi connectivity index (χ4v) is 4.01. The van der Waals surface area contributed by atoms with Gasteiger partial charge in [0.25, 0.3) is 0 Å². The average Bonchev–Trinajstić information content (AvgIpc) is 3.41. The molecule has 8 heteroatoms. The monoisotopic (exact) mass is 439 g/mol. The van der Waals surface area contributed by atoms with Gasteiger partial charge >= 0.3 is 0 Å². The fourth-order valence-electron chi connectivity index (χ4n) is 4.01. The Morgan fingerprint density at radius 3 is 2.45 bits per heavy atom. The molecule has 0 radical (unpaired) electrons. The molecule has 2 aromatic heterocycles. The highest BCUT2D eigenvalue weighted by atomic mass is 16.1. The van der Waals surface area contributed by atoms with Gasteiger partial charge in [0.15, 0.2) is 5.82 Å². The van der Waals surface area contributed by atoms with Gasteiger partial charge in [-0.15, -0.1) is 0 Å². The van der Waals surface area contributed by atoms with Crippen molar-refractivity contribution in [2.75, 3.05) is 28.6 Å². The van der Waals surface area contributed by atoms with Crippen LogP contribution in [0.1, 0.15) is 12.8 Å². The number of carbonyl (C=O) groups excluding carboxylic acids is 1. The Morgan fingerprint density at radius 2 is 1.67 bits per heavy atom. The summed E-state index contributed by atoms with van der Waals surface area (Å²) in [6.45, 7) is 1.48. The minimum atomic E-state index is -0.107. The third-order valence-electron chi connectivity index (χ3n) is 5.71. The third kappa shape index (κ3) is 5.01. The molecule has 1 aliphatic heterocycles. The number of piperidine rings is 1. The number of carbonyl (C=O) groups is 1. The van der Waals surface area contributed by atoms with E-state index in [1.54, 1.807) is 17.2 Å². The summed E-state index contributed by atoms with van der Waals surface area (Å²) in [5, 5.41) is 10.6. The Bertz CT molecular complexity index is 1190. The molecule has 1 unspecified atom stereocenters. The fraction of sp³-hybridized carbons (Fsp3) is 0.200. The molecule has 8 nitrogen and oxygen atoms in total. The molecule has 1 atom stereocenters. The molecule has 0 spiro atoms. The van der Waals surface area contributed by atoms with E-state index in [4.69, 9.17) is 0 Å². The molecule has 0 aliphatic carbocycles. The van der Waals surface area contributed by atoms with Gasteiger partial charge in [-0.3, -0.25) is 4.79 Å². The maximum absolute atomic E-state index is 13.0. The van der Waals surface area contributed by atoms with E-state index < -0.39 is 0 Å². The van der Waals surface area contributed by atoms with Crippen LogP contribution in [0.4, 0.5) is 22.9 Å². The highest BCUT2D eigenvalue weighted by molar-refractivity contribution is 5.93. The van der Waals surface area contributed by atoms with Crippen molar-refractivity contribution in [3.8, 4) is 5.82 Å². The maximum Gasteiger partial charge on any atom is 0.229 e. The Morgan fingerprint density at radius 1 is 0.909 bits per heavy atom. The molecule has 0 bridgehead atoms. The van der Waals surface area contributed by atoms with E-state index in [1.165, 1.54) is 0 Å². The highest BCUT2D eigenvalue weighted by Gasteiger charge is 2.27. The summed E-state index contributed by atoms with van der Waals surface area (Å²) in [4.78, 5) is 23.9. The second-order valence-electron chi connectivity index (χ2n) is 8.03. The number of amides is 1. The summed E-state index contributed by atoms with van der Waals surface area (Å²) >= 11 is 0. The second-order valence-corrected chi connectivity index (χ2v) is 8.03. The van der Waals surface area contributed by atoms with Crippen LogP contribution in [0, 0.1) is 5.92 Å². The van der Waals surface area contributed by atoms with E-state index in [0.29, 0.717) is 12.4 Å². The van der Waals surface area contributed by atoms with Crippen LogP contribution in [0.3, 0.4) is 0 Å². The lowest BCUT2D eigenvalue weighted by Gasteiger charge is -2.32. The number of hydrogen-bond acceptors (Lipinski definition) is 6. The minimum absolute atomic E-state index is 0.0322. The molecule has 2 aromatic carbocycles. The SMILES string of the molecule is O=C(Nc1ccc(Nc2ccccc2)cc1)C1CCCN(c2cc(-n3cccn3)ncn2)C1. The molecule has 0 saturated carbocycles. The van der Waals surface area contributed by atoms with Gasteiger partial charge in [-0.2, -0.15) is 5.10 Å². The zero-order chi connectivity index (χ0) is 22.5. The Labute approximate surface area is 192 Å². The molecular formula is C25H25N7O. The summed E-state index contributed by atoms with van der Waals surface area (Å²) in [6, 6.07) is 21.5. The Balaban J connectivity index is 1.21. The van der Waals surface area contributed by atoms with Crippen LogP contribution in [0.2, 0.25) is 0 Å². The first-order chi connectivity index (χ1) is 16.2. The van der Waals surface area contributed by atoms with Crippen molar-refractivity contribution >= 4 is 28.8 Å². The van der Waals surface area contributed by atoms with Crippen molar-refractivity contribution in [2.45, 2.75) is 12.8 Å². The lowest BCUT2D eigenvalue weighted by Crippen LogP contribution is -2.41. The lowest BCUT2D eigenvalue weighted by molar-refractivity contribution is -0.120. The number of hydrogen-bond donors (Lipinski definition) is 2. The molecular weight excluding hydrogens is 414 g/mol. The van der Waals surface area contributed by atoms with Gasteiger partial charge in [-0.1, -0.05) is 18.2 Å². The van der Waals surface area contributed by atoms with Crippen LogP contribution in [0.15, 0.2) is 85.5 Å². The van der Waals surface area contributed by atoms with E-state index in [-0.39, 0.29) is 11.8 Å². The van der Waals surface area contributed by atoms with E-state index in [9.17, 15) is 4.79 Å². The summed E-state index contributed by atoms with van der Waals surface area (Å²) in [6.07, 6.45) is 6.89. The standard InChI is InChI=1S/C25H25N7O/c33-25(30-22-11-9-21(10-12-22)29-20-7-2-1-3-8-20)19-6-4-14-31(17-19)23-16-24(27-18-26-23)32-15-5-13-28-32/h1-3,5,7-13,15-16,18-19,29H,4,6,14,17H2,(H,30,33). The first kappa shape index (κ1) is 20.7. The highest BCUT2D eigenvalue weighted by Crippen LogP contribution is 2.24. The summed E-state index contributed by atoms with van der Waals surface area (Å²) < 4.78 is 1.70. The molecule has 1 aliphatic rings. The predicted molar refractivity (Wildman–Crippen MR) is 129 cm³/mol. The predicted octanol–water partition coefficient (Wildman–Crippen LogP) is 4.26. The van der Waals surface area contributed by atoms with Crippen LogP contribution in [0.25, 0.3) is 5.82 Å². The number of anilines is 4. The molecule has 4 aromatic rings. The first-order valence-electron chi connectivity index (χ1n) is 11.0. The molecule has 1 amide bonds. The van der Waals surface area contributed by atoms with Gasteiger partial charge in [0.2, 0.25) is 5.91 Å². The normalized spacial score (nSPS) is 15.8. The van der Waals surface area contributed by atoms with Crippen LogP contribution in [-0.2, 0) is 4.79 Å². The van der Waals surface area contributed by atoms with Crippen LogP contribution >= 0.6 is 0 Å². The van der Waals surface area contributed by atoms with Crippen molar-refractivity contribution in [3.63, 3.8) is 0 Å². The molecule has 5 rings (SSSR count). The Hall–Kier alpha value is -4.20. The first-order valence-corrected chi connectivity index (χ1v) is 11.0. The van der Waals surface area contributed by atoms with Gasteiger partial charge in [0.1, 0.15) is 12.1 Å². The van der Waals surface area contributed by atoms with Crippen molar-refractivity contribution in [1.29, 1.82) is 0 Å². The molecule has 2 N–H and O–H groups in total. The van der Waals surface area contributed by atoms with Crippen molar-refractivity contribution in [3.05, 3.63) is 85.5 Å². The number of para-hydroxylation sites is 1. The number of benzene rings is 2. The Kier molecular flexibility index (Phi) is 5.97. The van der Waals surface area contributed by atoms with Gasteiger partial charge in [-0.05, 0) is 55.3 Å². The van der Waals surface area contributed by atoms with Crippen molar-refractivity contribution < 1.29 is 4.79 Å². The van der Waals surface area contributed by atoms with Gasteiger partial charge in [0.05, 0.1) is 5.92 Å². The second kappa shape index (κ2) is 9.52. The van der Waals surface area contributed by atoms with Crippen LogP contribution < -0.4 is 15.5 Å². The van der Waals surface area contributed by atoms with Crippen molar-refractivity contribution in [2.24, 2.45) is 5.92 Å². The zero-order valence-corrected chi connectivity index (χ0v) is 18.1. The number of nitrogens with one attached hydrogen (secondary N) is 2. The number of nitrogens with zero attached hydrogens (tertiary/aromatic N) is 5. The quantitative estimate of drug-likeness (QED) is 0.467. The molecule has 33 heavy (non-hydrogen) atoms. The molecule has 3 heterocycles. The van der Waals surface area contributed by atoms with Crippen LogP contribution in [0.5, 0.6) is 0 Å². The van der Waals surface area contributed by atoms with Gasteiger partial charge in [0, 0.05) is 48.6 Å². The van der Waals surface area contributed by atoms with Gasteiger partial charge < -0.3 is 15.5 Å². The van der Waals surface area contributed by atoms with E-state index in [1.807, 2.05) is 72.9 Å². The zero-order valence-electron chi connectivity index (χ0n) is 18.1. The van der Waals surface area contributed by atoms with E-state index >= 15 is 0 Å². The van der Waals surface area contributed by atoms with E-state index in [0.717, 1.165) is 42.3 Å². The third-order valence-corrected chi connectivity index (χ3v) is 5.71. The van der Waals surface area contributed by atoms with Crippen molar-refractivity contribution in [1.82, 2.24) is 19.7 Å². The smallest absolute Gasteiger partial charge is 0.229 e.